The average molecular weight is 395 g/mol. The molecular formula is C23H38O5. The lowest BCUT2D eigenvalue weighted by atomic mass is 9.95. The summed E-state index contributed by atoms with van der Waals surface area (Å²) in [6.07, 6.45) is 8.49. The Labute approximate surface area is 170 Å². The Bertz CT molecular complexity index is 570. The van der Waals surface area contributed by atoms with Crippen molar-refractivity contribution in [2.24, 2.45) is 5.92 Å². The van der Waals surface area contributed by atoms with Gasteiger partial charge in [-0.05, 0) is 61.7 Å². The maximum atomic E-state index is 11.1. The van der Waals surface area contributed by atoms with E-state index in [4.69, 9.17) is 9.84 Å². The zero-order valence-corrected chi connectivity index (χ0v) is 17.9. The zero-order valence-electron chi connectivity index (χ0n) is 17.9. The van der Waals surface area contributed by atoms with Crippen molar-refractivity contribution in [3.8, 4) is 0 Å². The second-order valence-electron chi connectivity index (χ2n) is 7.40. The van der Waals surface area contributed by atoms with Crippen molar-refractivity contribution in [1.29, 1.82) is 0 Å². The molecule has 0 heterocycles. The molecule has 0 bridgehead atoms. The third-order valence-electron chi connectivity index (χ3n) is 4.67. The van der Waals surface area contributed by atoms with Crippen LogP contribution in [-0.4, -0.2) is 47.2 Å². The van der Waals surface area contributed by atoms with Gasteiger partial charge in [-0.1, -0.05) is 44.2 Å². The van der Waals surface area contributed by atoms with Gasteiger partial charge < -0.3 is 20.1 Å². The molecule has 1 unspecified atom stereocenters. The summed E-state index contributed by atoms with van der Waals surface area (Å²) < 4.78 is 5.13. The van der Waals surface area contributed by atoms with Crippen molar-refractivity contribution in [2.45, 2.75) is 65.9 Å². The fraction of sp³-hybridized carbons (Fsp3) is 0.609. The Morgan fingerprint density at radius 1 is 1.04 bits per heavy atom. The number of carbonyl (C=O) groups excluding carboxylic acids is 1. The van der Waals surface area contributed by atoms with E-state index in [1.54, 1.807) is 6.08 Å². The van der Waals surface area contributed by atoms with Crippen LogP contribution in [0.2, 0.25) is 0 Å². The van der Waals surface area contributed by atoms with E-state index in [9.17, 15) is 15.0 Å². The number of ether oxygens (including phenoxy) is 1. The van der Waals surface area contributed by atoms with Crippen LogP contribution < -0.4 is 0 Å². The van der Waals surface area contributed by atoms with Crippen LogP contribution in [0.5, 0.6) is 0 Å². The maximum absolute atomic E-state index is 11.1. The molecule has 1 atom stereocenters. The predicted octanol–water partition coefficient (Wildman–Crippen LogP) is 3.86. The molecule has 0 saturated heterocycles. The first kappa shape index (κ1) is 26.3. The van der Waals surface area contributed by atoms with E-state index in [1.165, 1.54) is 6.92 Å². The molecule has 0 rings (SSSR count). The van der Waals surface area contributed by atoms with Crippen LogP contribution in [-0.2, 0) is 9.53 Å². The van der Waals surface area contributed by atoms with Crippen molar-refractivity contribution < 1.29 is 24.9 Å². The van der Waals surface area contributed by atoms with E-state index >= 15 is 0 Å². The highest BCUT2D eigenvalue weighted by atomic mass is 16.5. The summed E-state index contributed by atoms with van der Waals surface area (Å²) in [5.74, 6) is 0.0286. The van der Waals surface area contributed by atoms with Gasteiger partial charge >= 0.3 is 5.97 Å². The molecule has 5 heteroatoms. The van der Waals surface area contributed by atoms with Crippen LogP contribution in [0.25, 0.3) is 0 Å². The summed E-state index contributed by atoms with van der Waals surface area (Å²) in [7, 11) is 0. The topological polar surface area (TPSA) is 87.0 Å². The summed E-state index contributed by atoms with van der Waals surface area (Å²) in [6, 6.07) is 0. The first-order valence-electron chi connectivity index (χ1n) is 9.94. The molecule has 0 saturated carbocycles. The number of esters is 1. The molecule has 160 valence electrons. The minimum atomic E-state index is -0.522. The van der Waals surface area contributed by atoms with Crippen molar-refractivity contribution in [3.05, 3.63) is 47.1 Å². The molecule has 0 amide bonds. The van der Waals surface area contributed by atoms with Crippen molar-refractivity contribution in [3.63, 3.8) is 0 Å². The fourth-order valence-electron chi connectivity index (χ4n) is 2.53. The van der Waals surface area contributed by atoms with Gasteiger partial charge in [0.05, 0.1) is 19.3 Å². The number of rotatable bonds is 14. The fourth-order valence-corrected chi connectivity index (χ4v) is 2.53. The Kier molecular flexibility index (Phi) is 14.3. The number of carbonyl (C=O) groups is 1. The maximum Gasteiger partial charge on any atom is 0.302 e. The molecule has 0 aliphatic rings. The third kappa shape index (κ3) is 12.7. The Morgan fingerprint density at radius 2 is 1.64 bits per heavy atom. The molecule has 0 aliphatic heterocycles. The standard InChI is InChI=1S/C23H38O5/c1-17(2)19(4)14-23(27)18(3)8-6-10-22(16-28-20(5)26)11-7-9-21(15-25)12-13-24/h8,11-12,17,23-25,27H,4,6-7,9-10,13-16H2,1-3,5H3. The van der Waals surface area contributed by atoms with Crippen molar-refractivity contribution >= 4 is 5.97 Å². The molecule has 0 aromatic heterocycles. The largest absolute Gasteiger partial charge is 0.461 e. The molecule has 0 spiro atoms. The van der Waals surface area contributed by atoms with Gasteiger partial charge in [0.1, 0.15) is 6.61 Å². The smallest absolute Gasteiger partial charge is 0.302 e. The Hall–Kier alpha value is -1.69. The highest BCUT2D eigenvalue weighted by Crippen LogP contribution is 2.19. The van der Waals surface area contributed by atoms with Crippen LogP contribution in [0.15, 0.2) is 47.1 Å². The van der Waals surface area contributed by atoms with Crippen LogP contribution in [0.4, 0.5) is 0 Å². The van der Waals surface area contributed by atoms with Gasteiger partial charge in [-0.15, -0.1) is 0 Å². The molecule has 0 aliphatic carbocycles. The highest BCUT2D eigenvalue weighted by Gasteiger charge is 2.10. The summed E-state index contributed by atoms with van der Waals surface area (Å²) in [5, 5.41) is 28.5. The van der Waals surface area contributed by atoms with E-state index in [0.717, 1.165) is 35.1 Å². The minimum absolute atomic E-state index is 0.0742. The van der Waals surface area contributed by atoms with Crippen molar-refractivity contribution in [1.82, 2.24) is 0 Å². The Morgan fingerprint density at radius 3 is 2.18 bits per heavy atom. The molecule has 3 N–H and O–H groups in total. The van der Waals surface area contributed by atoms with Gasteiger partial charge in [0.2, 0.25) is 0 Å². The lowest BCUT2D eigenvalue weighted by Gasteiger charge is -2.16. The number of allylic oxidation sites excluding steroid dienone is 2. The molecule has 0 aromatic rings. The highest BCUT2D eigenvalue weighted by molar-refractivity contribution is 5.66. The first-order valence-corrected chi connectivity index (χ1v) is 9.94. The lowest BCUT2D eigenvalue weighted by Crippen LogP contribution is -2.11. The van der Waals surface area contributed by atoms with Crippen LogP contribution in [0, 0.1) is 5.92 Å². The van der Waals surface area contributed by atoms with Gasteiger partial charge in [0, 0.05) is 6.92 Å². The monoisotopic (exact) mass is 394 g/mol. The second-order valence-corrected chi connectivity index (χ2v) is 7.40. The minimum Gasteiger partial charge on any atom is -0.461 e. The number of aliphatic hydroxyl groups is 3. The van der Waals surface area contributed by atoms with E-state index in [2.05, 4.69) is 20.4 Å². The van der Waals surface area contributed by atoms with Gasteiger partial charge in [-0.3, -0.25) is 4.79 Å². The first-order chi connectivity index (χ1) is 13.2. The van der Waals surface area contributed by atoms with Gasteiger partial charge in [-0.2, -0.15) is 0 Å². The van der Waals surface area contributed by atoms with Crippen LogP contribution >= 0.6 is 0 Å². The van der Waals surface area contributed by atoms with E-state index in [-0.39, 0.29) is 25.8 Å². The molecule has 28 heavy (non-hydrogen) atoms. The zero-order chi connectivity index (χ0) is 21.5. The van der Waals surface area contributed by atoms with Gasteiger partial charge in [0.15, 0.2) is 0 Å². The summed E-state index contributed by atoms with van der Waals surface area (Å²) >= 11 is 0. The number of hydrogen-bond acceptors (Lipinski definition) is 5. The normalized spacial score (nSPS) is 14.4. The van der Waals surface area contributed by atoms with Gasteiger partial charge in [0.25, 0.3) is 0 Å². The average Bonchev–Trinajstić information content (AvgIpc) is 2.64. The third-order valence-corrected chi connectivity index (χ3v) is 4.67. The summed E-state index contributed by atoms with van der Waals surface area (Å²) in [5.41, 5.74) is 3.74. The quantitative estimate of drug-likeness (QED) is 0.308. The van der Waals surface area contributed by atoms with Crippen molar-refractivity contribution in [2.75, 3.05) is 19.8 Å². The summed E-state index contributed by atoms with van der Waals surface area (Å²) in [6.45, 7) is 11.5. The molecule has 0 radical (unpaired) electrons. The van der Waals surface area contributed by atoms with Crippen LogP contribution in [0.1, 0.15) is 59.8 Å². The second kappa shape index (κ2) is 15.3. The summed E-state index contributed by atoms with van der Waals surface area (Å²) in [4.78, 5) is 11.1. The van der Waals surface area contributed by atoms with E-state index in [1.807, 2.05) is 19.1 Å². The number of hydrogen-bond donors (Lipinski definition) is 3. The molecular weight excluding hydrogens is 356 g/mol. The van der Waals surface area contributed by atoms with E-state index < -0.39 is 6.10 Å². The molecule has 0 fully saturated rings. The molecule has 0 aromatic carbocycles. The van der Waals surface area contributed by atoms with Gasteiger partial charge in [-0.25, -0.2) is 0 Å². The van der Waals surface area contributed by atoms with Crippen LogP contribution in [0.3, 0.4) is 0 Å². The van der Waals surface area contributed by atoms with E-state index in [0.29, 0.717) is 25.2 Å². The lowest BCUT2D eigenvalue weighted by molar-refractivity contribution is -0.140. The predicted molar refractivity (Wildman–Crippen MR) is 114 cm³/mol. The Balaban J connectivity index is 4.77. The number of aliphatic hydroxyl groups excluding tert-OH is 3. The SMILES string of the molecule is C=C(CC(O)C(C)=CCCC(=CCCC(=CCO)CO)COC(C)=O)C(C)C. The molecule has 5 nitrogen and oxygen atoms in total.